The molecule has 2 aromatic rings. The fourth-order valence-corrected chi connectivity index (χ4v) is 4.05. The topological polar surface area (TPSA) is 111 Å². The van der Waals surface area contributed by atoms with Gasteiger partial charge in [-0.2, -0.15) is 0 Å². The lowest BCUT2D eigenvalue weighted by atomic mass is 10.1. The molecule has 0 atom stereocenters. The molecule has 8 nitrogen and oxygen atoms in total. The molecule has 2 N–H and O–H groups in total. The number of carbonyl (C=O) groups excluding carboxylic acids is 2. The highest BCUT2D eigenvalue weighted by atomic mass is 32.2. The average molecular weight is 475 g/mol. The number of unbranched alkanes of at least 4 members (excludes halogenated alkanes) is 3. The molecule has 0 unspecified atom stereocenters. The lowest BCUT2D eigenvalue weighted by molar-refractivity contribution is -0.140. The number of para-hydroxylation sites is 2. The molecule has 0 bridgehead atoms. The molecule has 2 aromatic carbocycles. The first-order valence-corrected chi connectivity index (χ1v) is 12.1. The molecule has 0 aromatic heterocycles. The summed E-state index contributed by atoms with van der Waals surface area (Å²) in [5.74, 6) is -0.00121. The molecule has 0 aliphatic carbocycles. The van der Waals surface area contributed by atoms with E-state index in [9.17, 15) is 18.0 Å². The molecule has 178 valence electrons. The second-order valence-electron chi connectivity index (χ2n) is 7.24. The molecule has 1 amide bonds. The van der Waals surface area contributed by atoms with E-state index in [1.165, 1.54) is 32.4 Å². The van der Waals surface area contributed by atoms with Gasteiger partial charge in [-0.05, 0) is 48.7 Å². The number of rotatable bonds is 13. The first-order chi connectivity index (χ1) is 15.9. The van der Waals surface area contributed by atoms with Gasteiger partial charge in [0.25, 0.3) is 10.0 Å². The molecule has 0 aliphatic rings. The van der Waals surface area contributed by atoms with Gasteiger partial charge in [-0.3, -0.25) is 14.3 Å². The highest BCUT2D eigenvalue weighted by Crippen LogP contribution is 2.26. The summed E-state index contributed by atoms with van der Waals surface area (Å²) in [4.78, 5) is 23.1. The van der Waals surface area contributed by atoms with Crippen molar-refractivity contribution in [2.45, 2.75) is 37.0 Å². The number of nitrogens with one attached hydrogen (secondary N) is 2. The van der Waals surface area contributed by atoms with Crippen molar-refractivity contribution in [1.82, 2.24) is 5.32 Å². The molecular weight excluding hydrogens is 444 g/mol. The van der Waals surface area contributed by atoms with E-state index in [0.717, 1.165) is 25.7 Å². The zero-order valence-corrected chi connectivity index (χ0v) is 19.7. The van der Waals surface area contributed by atoms with E-state index < -0.39 is 10.0 Å². The van der Waals surface area contributed by atoms with Crippen molar-refractivity contribution in [2.75, 3.05) is 25.5 Å². The first-order valence-electron chi connectivity index (χ1n) is 10.6. The van der Waals surface area contributed by atoms with E-state index in [-0.39, 0.29) is 16.8 Å². The molecule has 0 saturated heterocycles. The average Bonchev–Trinajstić information content (AvgIpc) is 2.82. The van der Waals surface area contributed by atoms with Crippen molar-refractivity contribution < 1.29 is 27.5 Å². The Morgan fingerprint density at radius 3 is 2.33 bits per heavy atom. The Labute approximate surface area is 195 Å². The Hall–Kier alpha value is -3.33. The summed E-state index contributed by atoms with van der Waals surface area (Å²) in [5, 5.41) is 2.80. The maximum Gasteiger partial charge on any atom is 0.305 e. The summed E-state index contributed by atoms with van der Waals surface area (Å²) in [6.45, 7) is 0.549. The third-order valence-electron chi connectivity index (χ3n) is 4.80. The van der Waals surface area contributed by atoms with Crippen molar-refractivity contribution in [2.24, 2.45) is 0 Å². The predicted octanol–water partition coefficient (Wildman–Crippen LogP) is 3.75. The van der Waals surface area contributed by atoms with Crippen LogP contribution in [0.4, 0.5) is 5.69 Å². The van der Waals surface area contributed by atoms with Crippen molar-refractivity contribution in [3.05, 3.63) is 60.2 Å². The lowest BCUT2D eigenvalue weighted by Gasteiger charge is -2.11. The Kier molecular flexibility index (Phi) is 10.4. The predicted molar refractivity (Wildman–Crippen MR) is 127 cm³/mol. The number of hydrogen-bond donors (Lipinski definition) is 2. The second kappa shape index (κ2) is 13.3. The monoisotopic (exact) mass is 474 g/mol. The van der Waals surface area contributed by atoms with E-state index in [1.54, 1.807) is 42.5 Å². The van der Waals surface area contributed by atoms with Gasteiger partial charge >= 0.3 is 5.97 Å². The van der Waals surface area contributed by atoms with Crippen LogP contribution in [0.3, 0.4) is 0 Å². The van der Waals surface area contributed by atoms with Crippen molar-refractivity contribution in [3.63, 3.8) is 0 Å². The fraction of sp³-hybridized carbons (Fsp3) is 0.333. The number of sulfonamides is 1. The minimum atomic E-state index is -3.78. The number of carbonyl (C=O) groups is 2. The van der Waals surface area contributed by atoms with Gasteiger partial charge in [0.1, 0.15) is 5.75 Å². The maximum absolute atomic E-state index is 12.6. The summed E-state index contributed by atoms with van der Waals surface area (Å²) in [7, 11) is -0.933. The third-order valence-corrected chi connectivity index (χ3v) is 6.18. The molecule has 0 saturated carbocycles. The standard InChI is InChI=1S/C24H30N2O6S/c1-31-22-10-7-6-9-21(22)26-33(29,30)20-15-12-19(13-16-20)14-17-23(27)25-18-8-4-3-5-11-24(28)32-2/h6-7,9-10,12-17,26H,3-5,8,11,18H2,1-2H3,(H,25,27)/b17-14+. The van der Waals surface area contributed by atoms with Gasteiger partial charge < -0.3 is 14.8 Å². The molecular formula is C24H30N2O6S. The van der Waals surface area contributed by atoms with Gasteiger partial charge in [-0.15, -0.1) is 0 Å². The molecule has 0 fully saturated rings. The Morgan fingerprint density at radius 1 is 0.939 bits per heavy atom. The van der Waals surface area contributed by atoms with E-state index >= 15 is 0 Å². The van der Waals surface area contributed by atoms with Crippen LogP contribution in [0, 0.1) is 0 Å². The normalized spacial score (nSPS) is 11.2. The van der Waals surface area contributed by atoms with E-state index in [0.29, 0.717) is 30.0 Å². The minimum absolute atomic E-state index is 0.0993. The van der Waals surface area contributed by atoms with Crippen molar-refractivity contribution >= 4 is 33.7 Å². The molecule has 9 heteroatoms. The number of esters is 1. The molecule has 2 rings (SSSR count). The molecule has 0 aliphatic heterocycles. The Balaban J connectivity index is 1.80. The molecule has 0 spiro atoms. The highest BCUT2D eigenvalue weighted by molar-refractivity contribution is 7.92. The van der Waals surface area contributed by atoms with Gasteiger partial charge in [0.05, 0.1) is 24.8 Å². The number of hydrogen-bond acceptors (Lipinski definition) is 6. The van der Waals surface area contributed by atoms with Crippen molar-refractivity contribution in [1.29, 1.82) is 0 Å². The van der Waals surface area contributed by atoms with Crippen molar-refractivity contribution in [3.8, 4) is 5.75 Å². The van der Waals surface area contributed by atoms with E-state index in [2.05, 4.69) is 14.8 Å². The number of benzene rings is 2. The SMILES string of the molecule is COC(=O)CCCCCCNC(=O)/C=C/c1ccc(S(=O)(=O)Nc2ccccc2OC)cc1. The van der Waals surface area contributed by atoms with Gasteiger partial charge in [0, 0.05) is 19.0 Å². The molecule has 0 heterocycles. The van der Waals surface area contributed by atoms with Gasteiger partial charge in [-0.25, -0.2) is 8.42 Å². The van der Waals surface area contributed by atoms with Crippen LogP contribution in [-0.2, 0) is 24.3 Å². The lowest BCUT2D eigenvalue weighted by Crippen LogP contribution is -2.21. The van der Waals surface area contributed by atoms with E-state index in [4.69, 9.17) is 4.74 Å². The summed E-state index contributed by atoms with van der Waals surface area (Å²) in [5.41, 5.74) is 1.05. The van der Waals surface area contributed by atoms with Gasteiger partial charge in [-0.1, -0.05) is 37.1 Å². The molecule has 33 heavy (non-hydrogen) atoms. The fourth-order valence-electron chi connectivity index (χ4n) is 2.98. The van der Waals surface area contributed by atoms with Crippen LogP contribution in [0.15, 0.2) is 59.5 Å². The largest absolute Gasteiger partial charge is 0.495 e. The second-order valence-corrected chi connectivity index (χ2v) is 8.92. The Bertz CT molecular complexity index is 1050. The summed E-state index contributed by atoms with van der Waals surface area (Å²) >= 11 is 0. The van der Waals surface area contributed by atoms with Crippen LogP contribution >= 0.6 is 0 Å². The summed E-state index contributed by atoms with van der Waals surface area (Å²) in [6.07, 6.45) is 6.88. The molecule has 0 radical (unpaired) electrons. The quantitative estimate of drug-likeness (QED) is 0.260. The zero-order valence-electron chi connectivity index (χ0n) is 18.9. The maximum atomic E-state index is 12.6. The van der Waals surface area contributed by atoms with E-state index in [1.807, 2.05) is 0 Å². The van der Waals surface area contributed by atoms with Gasteiger partial charge in [0.15, 0.2) is 0 Å². The van der Waals surface area contributed by atoms with Crippen LogP contribution in [-0.4, -0.2) is 41.1 Å². The summed E-state index contributed by atoms with van der Waals surface area (Å²) in [6, 6.07) is 13.0. The zero-order chi connectivity index (χ0) is 24.1. The number of methoxy groups -OCH3 is 2. The van der Waals surface area contributed by atoms with Crippen LogP contribution in [0.2, 0.25) is 0 Å². The number of amides is 1. The third kappa shape index (κ3) is 8.97. The van der Waals surface area contributed by atoms with Crippen LogP contribution < -0.4 is 14.8 Å². The number of anilines is 1. The number of ether oxygens (including phenoxy) is 2. The van der Waals surface area contributed by atoms with Gasteiger partial charge in [0.2, 0.25) is 5.91 Å². The van der Waals surface area contributed by atoms with Crippen LogP contribution in [0.1, 0.15) is 37.7 Å². The summed E-state index contributed by atoms with van der Waals surface area (Å²) < 4.78 is 37.6. The smallest absolute Gasteiger partial charge is 0.305 e. The van der Waals surface area contributed by atoms with Crippen LogP contribution in [0.5, 0.6) is 5.75 Å². The highest BCUT2D eigenvalue weighted by Gasteiger charge is 2.16. The Morgan fingerprint density at radius 2 is 1.64 bits per heavy atom. The minimum Gasteiger partial charge on any atom is -0.495 e. The van der Waals surface area contributed by atoms with Crippen LogP contribution in [0.25, 0.3) is 6.08 Å². The first kappa shape index (κ1) is 25.9.